The third-order valence-electron chi connectivity index (χ3n) is 2.78. The summed E-state index contributed by atoms with van der Waals surface area (Å²) in [5, 5.41) is 9.20. The number of anilines is 1. The maximum Gasteiger partial charge on any atom is 0.346 e. The Labute approximate surface area is 107 Å². The van der Waals surface area contributed by atoms with Crippen LogP contribution in [0.1, 0.15) is 11.7 Å². The van der Waals surface area contributed by atoms with Crippen LogP contribution < -0.4 is 11.4 Å². The Morgan fingerprint density at radius 3 is 2.94 bits per heavy atom. The zero-order valence-corrected chi connectivity index (χ0v) is 10.0. The standard InChI is InChI=1S/C10H12ClFN3O3/c11-3-10(4-16)1-6(12)7(18-10)5-2-14-9(17)15-8(5)13/h1-2,6-7,16H,3-4H2,(H3,13,14,15,17)/t6-,7-,10+/m1/s1. The van der Waals surface area contributed by atoms with Crippen LogP contribution >= 0.6 is 11.6 Å². The van der Waals surface area contributed by atoms with E-state index in [-0.39, 0.29) is 17.3 Å². The van der Waals surface area contributed by atoms with Crippen molar-refractivity contribution in [3.63, 3.8) is 0 Å². The van der Waals surface area contributed by atoms with E-state index in [4.69, 9.17) is 22.1 Å². The van der Waals surface area contributed by atoms with E-state index in [9.17, 15) is 14.3 Å². The van der Waals surface area contributed by atoms with Gasteiger partial charge in [-0.15, -0.1) is 11.6 Å². The molecule has 3 atom stereocenters. The second kappa shape index (κ2) is 4.83. The Morgan fingerprint density at radius 1 is 1.72 bits per heavy atom. The molecule has 0 aromatic carbocycles. The summed E-state index contributed by atoms with van der Waals surface area (Å²) in [5.74, 6) is -0.194. The van der Waals surface area contributed by atoms with Gasteiger partial charge in [0.25, 0.3) is 0 Å². The number of H-pyrrole nitrogens is 1. The topological polar surface area (TPSA) is 101 Å². The molecule has 0 aliphatic carbocycles. The van der Waals surface area contributed by atoms with Crippen LogP contribution in [0.25, 0.3) is 0 Å². The van der Waals surface area contributed by atoms with E-state index in [1.54, 1.807) is 0 Å². The van der Waals surface area contributed by atoms with Gasteiger partial charge in [-0.05, 0) is 0 Å². The fourth-order valence-corrected chi connectivity index (χ4v) is 2.06. The lowest BCUT2D eigenvalue weighted by Gasteiger charge is -2.23. The molecule has 1 radical (unpaired) electrons. The summed E-state index contributed by atoms with van der Waals surface area (Å²) in [7, 11) is 0. The van der Waals surface area contributed by atoms with Crippen LogP contribution in [0.5, 0.6) is 0 Å². The number of halogens is 2. The van der Waals surface area contributed by atoms with E-state index >= 15 is 0 Å². The van der Waals surface area contributed by atoms with Gasteiger partial charge in [0, 0.05) is 18.2 Å². The predicted molar refractivity (Wildman–Crippen MR) is 62.8 cm³/mol. The van der Waals surface area contributed by atoms with Crippen LogP contribution in [0.15, 0.2) is 11.0 Å². The molecule has 2 heterocycles. The van der Waals surface area contributed by atoms with Gasteiger partial charge in [-0.25, -0.2) is 9.18 Å². The summed E-state index contributed by atoms with van der Waals surface area (Å²) in [5.41, 5.74) is 3.90. The van der Waals surface area contributed by atoms with Crippen LogP contribution in [-0.2, 0) is 4.74 Å². The Morgan fingerprint density at radius 2 is 2.44 bits per heavy atom. The summed E-state index contributed by atoms with van der Waals surface area (Å²) in [6, 6.07) is 0. The molecule has 4 N–H and O–H groups in total. The number of hydrogen-bond acceptors (Lipinski definition) is 5. The van der Waals surface area contributed by atoms with Gasteiger partial charge in [-0.1, -0.05) is 0 Å². The minimum atomic E-state index is -1.49. The average Bonchev–Trinajstić information content (AvgIpc) is 2.67. The lowest BCUT2D eigenvalue weighted by atomic mass is 10.0. The first-order valence-corrected chi connectivity index (χ1v) is 5.74. The molecule has 1 aromatic heterocycles. The van der Waals surface area contributed by atoms with Crippen molar-refractivity contribution in [1.29, 1.82) is 0 Å². The largest absolute Gasteiger partial charge is 0.393 e. The van der Waals surface area contributed by atoms with Crippen molar-refractivity contribution in [2.45, 2.75) is 17.9 Å². The molecule has 6 nitrogen and oxygen atoms in total. The van der Waals surface area contributed by atoms with E-state index < -0.39 is 30.2 Å². The number of ether oxygens (including phenoxy) is 1. The van der Waals surface area contributed by atoms with E-state index in [2.05, 4.69) is 9.97 Å². The molecule has 18 heavy (non-hydrogen) atoms. The van der Waals surface area contributed by atoms with Crippen molar-refractivity contribution < 1.29 is 14.2 Å². The van der Waals surface area contributed by atoms with Gasteiger partial charge in [0.05, 0.1) is 12.5 Å². The van der Waals surface area contributed by atoms with Crippen molar-refractivity contribution in [1.82, 2.24) is 9.97 Å². The second-order valence-electron chi connectivity index (χ2n) is 4.05. The molecule has 0 amide bonds. The minimum Gasteiger partial charge on any atom is -0.393 e. The number of nitrogens with one attached hydrogen (secondary N) is 1. The molecule has 1 aromatic rings. The maximum atomic E-state index is 13.9. The summed E-state index contributed by atoms with van der Waals surface area (Å²) in [4.78, 5) is 16.7. The first kappa shape index (κ1) is 13.3. The molecular formula is C10H12ClFN3O3. The zero-order chi connectivity index (χ0) is 13.3. The number of aliphatic hydroxyl groups excluding tert-OH is 1. The smallest absolute Gasteiger partial charge is 0.346 e. The number of nitrogens with two attached hydrogens (primary N) is 1. The molecular weight excluding hydrogens is 265 g/mol. The van der Waals surface area contributed by atoms with Gasteiger partial charge < -0.3 is 20.6 Å². The van der Waals surface area contributed by atoms with Crippen molar-refractivity contribution >= 4 is 17.4 Å². The molecule has 1 fully saturated rings. The third kappa shape index (κ3) is 2.21. The third-order valence-corrected chi connectivity index (χ3v) is 3.24. The van der Waals surface area contributed by atoms with E-state index in [0.717, 1.165) is 0 Å². The fraction of sp³-hybridized carbons (Fsp3) is 0.500. The highest BCUT2D eigenvalue weighted by atomic mass is 35.5. The Kier molecular flexibility index (Phi) is 3.56. The summed E-state index contributed by atoms with van der Waals surface area (Å²) >= 11 is 5.66. The number of aromatic nitrogens is 2. The van der Waals surface area contributed by atoms with E-state index in [1.807, 2.05) is 0 Å². The van der Waals surface area contributed by atoms with Crippen molar-refractivity contribution in [2.75, 3.05) is 18.2 Å². The molecule has 0 spiro atoms. The number of aromatic amines is 1. The monoisotopic (exact) mass is 276 g/mol. The average molecular weight is 277 g/mol. The van der Waals surface area contributed by atoms with Crippen LogP contribution in [0, 0.1) is 6.42 Å². The van der Waals surface area contributed by atoms with Gasteiger partial charge >= 0.3 is 5.69 Å². The molecule has 1 aliphatic rings. The SMILES string of the molecule is Nc1nc(=O)[nH]cc1[C@H]1O[C@](CO)(CCl)[CH][C@H]1F. The van der Waals surface area contributed by atoms with Crippen molar-refractivity contribution in [3.8, 4) is 0 Å². The quantitative estimate of drug-likeness (QED) is 0.671. The van der Waals surface area contributed by atoms with Gasteiger partial charge in [0.1, 0.15) is 23.7 Å². The molecule has 1 aliphatic heterocycles. The Bertz CT molecular complexity index is 492. The van der Waals surface area contributed by atoms with E-state index in [1.165, 1.54) is 12.6 Å². The van der Waals surface area contributed by atoms with Gasteiger partial charge in [0.15, 0.2) is 0 Å². The minimum absolute atomic E-state index is 0.0862. The maximum absolute atomic E-state index is 13.9. The van der Waals surface area contributed by atoms with Crippen LogP contribution in [0.4, 0.5) is 10.2 Å². The van der Waals surface area contributed by atoms with Crippen LogP contribution in [0.3, 0.4) is 0 Å². The lowest BCUT2D eigenvalue weighted by molar-refractivity contribution is -0.0552. The summed E-state index contributed by atoms with van der Waals surface area (Å²) in [6.07, 6.45) is -0.0988. The Hall–Kier alpha value is -1.18. The molecule has 2 rings (SSSR count). The fourth-order valence-electron chi connectivity index (χ4n) is 1.83. The molecule has 1 saturated heterocycles. The van der Waals surface area contributed by atoms with Gasteiger partial charge in [-0.2, -0.15) is 4.98 Å². The number of nitrogens with zero attached hydrogens (tertiary/aromatic N) is 1. The highest BCUT2D eigenvalue weighted by Gasteiger charge is 2.48. The molecule has 0 bridgehead atoms. The number of rotatable bonds is 3. The number of nitrogen functional groups attached to an aromatic ring is 1. The van der Waals surface area contributed by atoms with E-state index in [0.29, 0.717) is 0 Å². The first-order valence-electron chi connectivity index (χ1n) is 5.21. The lowest BCUT2D eigenvalue weighted by Crippen LogP contribution is -2.35. The number of hydrogen-bond donors (Lipinski definition) is 3. The van der Waals surface area contributed by atoms with Gasteiger partial charge in [0.2, 0.25) is 0 Å². The van der Waals surface area contributed by atoms with Crippen molar-refractivity contribution in [3.05, 3.63) is 28.7 Å². The normalized spacial score (nSPS) is 31.7. The Balaban J connectivity index is 2.32. The predicted octanol–water partition coefficient (Wildman–Crippen LogP) is -0.0643. The van der Waals surface area contributed by atoms with Crippen LogP contribution in [-0.4, -0.2) is 39.3 Å². The van der Waals surface area contributed by atoms with Crippen LogP contribution in [0.2, 0.25) is 0 Å². The molecule has 0 unspecified atom stereocenters. The number of aliphatic hydroxyl groups is 1. The highest BCUT2D eigenvalue weighted by Crippen LogP contribution is 2.42. The summed E-state index contributed by atoms with van der Waals surface area (Å²) < 4.78 is 19.3. The molecule has 8 heteroatoms. The molecule has 0 saturated carbocycles. The summed E-state index contributed by atoms with van der Waals surface area (Å²) in [6.45, 7) is -0.440. The second-order valence-corrected chi connectivity index (χ2v) is 4.32. The highest BCUT2D eigenvalue weighted by molar-refractivity contribution is 6.18. The van der Waals surface area contributed by atoms with Gasteiger partial charge in [-0.3, -0.25) is 0 Å². The van der Waals surface area contributed by atoms with Crippen molar-refractivity contribution in [2.24, 2.45) is 0 Å². The first-order chi connectivity index (χ1) is 8.51. The molecule has 99 valence electrons. The zero-order valence-electron chi connectivity index (χ0n) is 9.27. The number of alkyl halides is 2.